The lowest BCUT2D eigenvalue weighted by Gasteiger charge is -2.46. The van der Waals surface area contributed by atoms with Crippen molar-refractivity contribution in [2.45, 2.75) is 95.6 Å². The van der Waals surface area contributed by atoms with Crippen molar-refractivity contribution in [2.75, 3.05) is 6.54 Å². The first-order valence-corrected chi connectivity index (χ1v) is 9.12. The molecule has 2 saturated carbocycles. The molecule has 3 nitrogen and oxygen atoms in total. The molecule has 1 heterocycles. The molecule has 3 aliphatic rings. The van der Waals surface area contributed by atoms with Crippen LogP contribution in [-0.4, -0.2) is 34.1 Å². The lowest BCUT2D eigenvalue weighted by Crippen LogP contribution is -2.55. The van der Waals surface area contributed by atoms with E-state index in [9.17, 15) is 9.90 Å². The topological polar surface area (TPSA) is 40.5 Å². The Morgan fingerprint density at radius 1 is 1.10 bits per heavy atom. The number of hydrogen-bond donors (Lipinski definition) is 1. The van der Waals surface area contributed by atoms with Crippen LogP contribution in [0.3, 0.4) is 0 Å². The molecule has 3 heteroatoms. The molecule has 0 amide bonds. The first kappa shape index (κ1) is 15.3. The second kappa shape index (κ2) is 5.91. The van der Waals surface area contributed by atoms with Crippen LogP contribution in [0.5, 0.6) is 0 Å². The maximum atomic E-state index is 12.0. The summed E-state index contributed by atoms with van der Waals surface area (Å²) in [6.07, 6.45) is 14.6. The minimum Gasteiger partial charge on any atom is -0.480 e. The highest BCUT2D eigenvalue weighted by Crippen LogP contribution is 2.51. The summed E-state index contributed by atoms with van der Waals surface area (Å²) < 4.78 is 0. The number of nitrogens with zero attached hydrogens (tertiary/aromatic N) is 1. The number of likely N-dealkylation sites (tertiary alicyclic amines) is 1. The van der Waals surface area contributed by atoms with Crippen molar-refractivity contribution in [3.8, 4) is 0 Å². The number of rotatable bonds is 4. The van der Waals surface area contributed by atoms with Crippen molar-refractivity contribution in [2.24, 2.45) is 5.41 Å². The Bertz CT molecular complexity index is 379. The number of carboxylic acid groups (broad SMARTS) is 1. The van der Waals surface area contributed by atoms with Crippen molar-refractivity contribution in [1.29, 1.82) is 0 Å². The highest BCUT2D eigenvalue weighted by atomic mass is 16.4. The van der Waals surface area contributed by atoms with E-state index in [4.69, 9.17) is 0 Å². The largest absolute Gasteiger partial charge is 0.480 e. The predicted octanol–water partition coefficient (Wildman–Crippen LogP) is 4.21. The van der Waals surface area contributed by atoms with Gasteiger partial charge in [0.15, 0.2) is 0 Å². The van der Waals surface area contributed by atoms with E-state index in [2.05, 4.69) is 11.8 Å². The lowest BCUT2D eigenvalue weighted by atomic mass is 9.70. The third kappa shape index (κ3) is 2.62. The van der Waals surface area contributed by atoms with Crippen LogP contribution in [0.25, 0.3) is 0 Å². The van der Waals surface area contributed by atoms with Crippen LogP contribution in [0.1, 0.15) is 84.0 Å². The molecule has 0 radical (unpaired) electrons. The van der Waals surface area contributed by atoms with Gasteiger partial charge in [-0.15, -0.1) is 0 Å². The summed E-state index contributed by atoms with van der Waals surface area (Å²) in [7, 11) is 0. The van der Waals surface area contributed by atoms with Gasteiger partial charge in [0.1, 0.15) is 5.54 Å². The third-order valence-corrected chi connectivity index (χ3v) is 6.72. The zero-order chi connectivity index (χ0) is 14.9. The molecule has 3 rings (SSSR count). The average molecular weight is 293 g/mol. The van der Waals surface area contributed by atoms with E-state index in [1.165, 1.54) is 51.4 Å². The van der Waals surface area contributed by atoms with Gasteiger partial charge in [-0.05, 0) is 69.7 Å². The van der Waals surface area contributed by atoms with E-state index in [1.807, 2.05) is 0 Å². The Hall–Kier alpha value is -0.570. The smallest absolute Gasteiger partial charge is 0.324 e. The van der Waals surface area contributed by atoms with Gasteiger partial charge in [0, 0.05) is 6.04 Å². The van der Waals surface area contributed by atoms with Crippen LogP contribution in [0, 0.1) is 5.41 Å². The fraction of sp³-hybridized carbons (Fsp3) is 0.944. The van der Waals surface area contributed by atoms with Gasteiger partial charge in [0.05, 0.1) is 0 Å². The summed E-state index contributed by atoms with van der Waals surface area (Å²) >= 11 is 0. The molecule has 21 heavy (non-hydrogen) atoms. The first-order valence-electron chi connectivity index (χ1n) is 9.12. The van der Waals surface area contributed by atoms with Crippen molar-refractivity contribution >= 4 is 5.97 Å². The van der Waals surface area contributed by atoms with Gasteiger partial charge in [-0.3, -0.25) is 9.69 Å². The van der Waals surface area contributed by atoms with Crippen molar-refractivity contribution in [1.82, 2.24) is 4.90 Å². The van der Waals surface area contributed by atoms with E-state index in [-0.39, 0.29) is 0 Å². The molecule has 1 N–H and O–H groups in total. The van der Waals surface area contributed by atoms with Crippen molar-refractivity contribution < 1.29 is 9.90 Å². The van der Waals surface area contributed by atoms with E-state index in [1.54, 1.807) is 0 Å². The van der Waals surface area contributed by atoms with Crippen LogP contribution >= 0.6 is 0 Å². The Morgan fingerprint density at radius 3 is 2.33 bits per heavy atom. The number of aliphatic carboxylic acids is 1. The highest BCUT2D eigenvalue weighted by Gasteiger charge is 2.50. The molecule has 0 aromatic carbocycles. The Labute approximate surface area is 129 Å². The quantitative estimate of drug-likeness (QED) is 0.844. The first-order chi connectivity index (χ1) is 10.1. The molecule has 2 aliphatic carbocycles. The standard InChI is InChI=1S/C18H31NO2/c1-2-8-18(16(20)21)11-5-14-19(18)15-6-12-17(13-7-15)9-3-4-10-17/h15H,2-14H2,1H3,(H,20,21). The third-order valence-electron chi connectivity index (χ3n) is 6.72. The van der Waals surface area contributed by atoms with Crippen LogP contribution in [0.4, 0.5) is 0 Å². The zero-order valence-electron chi connectivity index (χ0n) is 13.6. The summed E-state index contributed by atoms with van der Waals surface area (Å²) in [6, 6.07) is 0.529. The van der Waals surface area contributed by atoms with Gasteiger partial charge in [-0.1, -0.05) is 26.2 Å². The molecular weight excluding hydrogens is 262 g/mol. The maximum Gasteiger partial charge on any atom is 0.324 e. The van der Waals surface area contributed by atoms with E-state index in [0.29, 0.717) is 11.5 Å². The monoisotopic (exact) mass is 293 g/mol. The van der Waals surface area contributed by atoms with Gasteiger partial charge in [0.2, 0.25) is 0 Å². The fourth-order valence-corrected chi connectivity index (χ4v) is 5.60. The SMILES string of the molecule is CCCC1(C(=O)O)CCCN1C1CCC2(CCCC2)CC1. The Morgan fingerprint density at radius 2 is 1.76 bits per heavy atom. The van der Waals surface area contributed by atoms with Gasteiger partial charge in [0.25, 0.3) is 0 Å². The molecule has 1 aliphatic heterocycles. The molecule has 120 valence electrons. The summed E-state index contributed by atoms with van der Waals surface area (Å²) in [5.41, 5.74) is 0.104. The Balaban J connectivity index is 1.70. The molecule has 0 aromatic rings. The van der Waals surface area contributed by atoms with Crippen molar-refractivity contribution in [3.63, 3.8) is 0 Å². The number of carbonyl (C=O) groups is 1. The van der Waals surface area contributed by atoms with E-state index < -0.39 is 11.5 Å². The van der Waals surface area contributed by atoms with Crippen LogP contribution < -0.4 is 0 Å². The number of carboxylic acids is 1. The molecule has 0 bridgehead atoms. The second-order valence-corrected chi connectivity index (χ2v) is 7.82. The summed E-state index contributed by atoms with van der Waals surface area (Å²) in [5, 5.41) is 9.86. The van der Waals surface area contributed by atoms with E-state index >= 15 is 0 Å². The van der Waals surface area contributed by atoms with Gasteiger partial charge < -0.3 is 5.11 Å². The van der Waals surface area contributed by atoms with Gasteiger partial charge in [-0.2, -0.15) is 0 Å². The highest BCUT2D eigenvalue weighted by molar-refractivity contribution is 5.79. The fourth-order valence-electron chi connectivity index (χ4n) is 5.60. The Kier molecular flexibility index (Phi) is 4.31. The molecule has 1 atom stereocenters. The van der Waals surface area contributed by atoms with Gasteiger partial charge >= 0.3 is 5.97 Å². The van der Waals surface area contributed by atoms with Crippen molar-refractivity contribution in [3.05, 3.63) is 0 Å². The maximum absolute atomic E-state index is 12.0. The molecule has 3 fully saturated rings. The minimum absolute atomic E-state index is 0.529. The van der Waals surface area contributed by atoms with E-state index in [0.717, 1.165) is 32.2 Å². The van der Waals surface area contributed by atoms with Crippen LogP contribution in [0.15, 0.2) is 0 Å². The normalized spacial score (nSPS) is 33.8. The summed E-state index contributed by atoms with van der Waals surface area (Å²) in [4.78, 5) is 14.4. The minimum atomic E-state index is -0.567. The summed E-state index contributed by atoms with van der Waals surface area (Å²) in [6.45, 7) is 3.12. The molecule has 1 spiro atoms. The molecular formula is C18H31NO2. The summed E-state index contributed by atoms with van der Waals surface area (Å²) in [5.74, 6) is -0.567. The molecule has 0 aromatic heterocycles. The number of hydrogen-bond acceptors (Lipinski definition) is 2. The zero-order valence-corrected chi connectivity index (χ0v) is 13.6. The molecule has 1 saturated heterocycles. The average Bonchev–Trinajstić information content (AvgIpc) is 3.09. The molecule has 1 unspecified atom stereocenters. The van der Waals surface area contributed by atoms with Crippen LogP contribution in [0.2, 0.25) is 0 Å². The predicted molar refractivity (Wildman–Crippen MR) is 84.4 cm³/mol. The second-order valence-electron chi connectivity index (χ2n) is 7.82. The van der Waals surface area contributed by atoms with Crippen LogP contribution in [-0.2, 0) is 4.79 Å². The lowest BCUT2D eigenvalue weighted by molar-refractivity contribution is -0.152. The van der Waals surface area contributed by atoms with Gasteiger partial charge in [-0.25, -0.2) is 0 Å².